The van der Waals surface area contributed by atoms with Crippen LogP contribution in [0.5, 0.6) is 0 Å². The van der Waals surface area contributed by atoms with E-state index in [0.717, 1.165) is 32.4 Å². The van der Waals surface area contributed by atoms with Gasteiger partial charge in [0, 0.05) is 6.54 Å². The Morgan fingerprint density at radius 3 is 1.85 bits per heavy atom. The van der Waals surface area contributed by atoms with Crippen molar-refractivity contribution in [3.63, 3.8) is 0 Å². The van der Waals surface area contributed by atoms with Gasteiger partial charge < -0.3 is 10.1 Å². The molecule has 0 unspecified atom stereocenters. The highest BCUT2D eigenvalue weighted by Crippen LogP contribution is 2.37. The molecule has 2 N–H and O–H groups in total. The molecule has 4 heteroatoms. The summed E-state index contributed by atoms with van der Waals surface area (Å²) < 4.78 is 4.68. The molecule has 0 bridgehead atoms. The van der Waals surface area contributed by atoms with Crippen molar-refractivity contribution >= 4 is 5.97 Å². The van der Waals surface area contributed by atoms with E-state index >= 15 is 0 Å². The molecule has 0 aliphatic rings. The van der Waals surface area contributed by atoms with Crippen molar-refractivity contribution in [2.75, 3.05) is 26.7 Å². The van der Waals surface area contributed by atoms with Gasteiger partial charge >= 0.3 is 5.97 Å². The molecule has 0 amide bonds. The maximum absolute atomic E-state index is 11.2. The van der Waals surface area contributed by atoms with Crippen molar-refractivity contribution in [3.05, 3.63) is 107 Å². The molecule has 174 valence electrons. The van der Waals surface area contributed by atoms with Crippen LogP contribution in [0.1, 0.15) is 48.4 Å². The molecule has 0 saturated carbocycles. The summed E-state index contributed by atoms with van der Waals surface area (Å²) in [5.74, 6) is -0.172. The average molecular weight is 445 g/mol. The molecule has 0 atom stereocenters. The minimum atomic E-state index is -0.424. The fourth-order valence-electron chi connectivity index (χ4n) is 4.24. The minimum absolute atomic E-state index is 0.172. The fraction of sp³-hybridized carbons (Fsp3) is 0.345. The Bertz CT molecular complexity index is 916. The molecular formula is C29H36N2O2. The van der Waals surface area contributed by atoms with Crippen LogP contribution in [0.25, 0.3) is 0 Å². The molecule has 0 aliphatic carbocycles. The van der Waals surface area contributed by atoms with Crippen molar-refractivity contribution in [2.24, 2.45) is 0 Å². The molecule has 0 radical (unpaired) electrons. The highest BCUT2D eigenvalue weighted by molar-refractivity contribution is 5.69. The number of hydrogen-bond acceptors (Lipinski definition) is 4. The monoisotopic (exact) mass is 444 g/mol. The molecule has 0 heterocycles. The number of ether oxygens (including phenoxy) is 1. The summed E-state index contributed by atoms with van der Waals surface area (Å²) in [5, 5.41) is 7.26. The molecule has 0 saturated heterocycles. The van der Waals surface area contributed by atoms with Crippen LogP contribution < -0.4 is 10.6 Å². The van der Waals surface area contributed by atoms with Gasteiger partial charge in [-0.15, -0.1) is 0 Å². The molecule has 4 nitrogen and oxygen atoms in total. The maximum atomic E-state index is 11.2. The Kier molecular flexibility index (Phi) is 9.67. The van der Waals surface area contributed by atoms with Crippen LogP contribution in [0.3, 0.4) is 0 Å². The largest absolute Gasteiger partial charge is 0.469 e. The lowest BCUT2D eigenvalue weighted by Gasteiger charge is -2.37. The maximum Gasteiger partial charge on any atom is 0.306 e. The number of benzene rings is 3. The molecule has 0 aromatic heterocycles. The summed E-state index contributed by atoms with van der Waals surface area (Å²) >= 11 is 0. The van der Waals surface area contributed by atoms with Gasteiger partial charge in [-0.25, -0.2) is 0 Å². The smallest absolute Gasteiger partial charge is 0.306 e. The average Bonchev–Trinajstić information content (AvgIpc) is 2.89. The second kappa shape index (κ2) is 12.9. The third-order valence-electron chi connectivity index (χ3n) is 6.11. The van der Waals surface area contributed by atoms with Gasteiger partial charge in [0.1, 0.15) is 0 Å². The number of unbranched alkanes of at least 4 members (excludes halogenated alkanes) is 1. The fourth-order valence-corrected chi connectivity index (χ4v) is 4.24. The number of nitrogens with one attached hydrogen (secondary N) is 2. The zero-order chi connectivity index (χ0) is 23.4. The number of hydrogen-bond donors (Lipinski definition) is 2. The van der Waals surface area contributed by atoms with Crippen LogP contribution in [-0.2, 0) is 21.5 Å². The van der Waals surface area contributed by atoms with Crippen LogP contribution in [0, 0.1) is 0 Å². The lowest BCUT2D eigenvalue weighted by atomic mass is 9.76. The first kappa shape index (κ1) is 24.7. The summed E-state index contributed by atoms with van der Waals surface area (Å²) in [6.07, 6.45) is 3.50. The SMILES string of the molecule is CCc1ccc(C(NCCCCNCCC(=O)OC)(c2ccccc2)c2ccccc2)cc1. The van der Waals surface area contributed by atoms with Gasteiger partial charge in [0.2, 0.25) is 0 Å². The van der Waals surface area contributed by atoms with Crippen molar-refractivity contribution in [2.45, 2.75) is 38.1 Å². The molecule has 0 aliphatic heterocycles. The van der Waals surface area contributed by atoms with Gasteiger partial charge in [-0.2, -0.15) is 0 Å². The molecule has 0 spiro atoms. The molecule has 3 aromatic carbocycles. The number of carbonyl (C=O) groups excluding carboxylic acids is 1. The van der Waals surface area contributed by atoms with Gasteiger partial charge in [0.15, 0.2) is 0 Å². The Balaban J connectivity index is 1.79. The first-order valence-corrected chi connectivity index (χ1v) is 11.9. The number of carbonyl (C=O) groups is 1. The first-order chi connectivity index (χ1) is 16.2. The summed E-state index contributed by atoms with van der Waals surface area (Å²) in [5.41, 5.74) is 4.63. The van der Waals surface area contributed by atoms with Crippen molar-refractivity contribution in [1.29, 1.82) is 0 Å². The van der Waals surface area contributed by atoms with E-state index in [4.69, 9.17) is 0 Å². The number of esters is 1. The van der Waals surface area contributed by atoms with E-state index in [-0.39, 0.29) is 5.97 Å². The van der Waals surface area contributed by atoms with E-state index in [2.05, 4.69) is 107 Å². The normalized spacial score (nSPS) is 11.3. The zero-order valence-corrected chi connectivity index (χ0v) is 19.8. The number of aryl methyl sites for hydroxylation is 1. The van der Waals surface area contributed by atoms with Gasteiger partial charge in [0.25, 0.3) is 0 Å². The van der Waals surface area contributed by atoms with E-state index < -0.39 is 5.54 Å². The molecule has 0 fully saturated rings. The van der Waals surface area contributed by atoms with Crippen molar-refractivity contribution in [3.8, 4) is 0 Å². The Labute approximate surface area is 198 Å². The summed E-state index contributed by atoms with van der Waals surface area (Å²) in [6, 6.07) is 30.4. The van der Waals surface area contributed by atoms with Gasteiger partial charge in [-0.3, -0.25) is 10.1 Å². The third-order valence-corrected chi connectivity index (χ3v) is 6.11. The molecule has 33 heavy (non-hydrogen) atoms. The van der Waals surface area contributed by atoms with Gasteiger partial charge in [-0.05, 0) is 54.6 Å². The first-order valence-electron chi connectivity index (χ1n) is 11.9. The summed E-state index contributed by atoms with van der Waals surface area (Å²) in [4.78, 5) is 11.2. The molecular weight excluding hydrogens is 408 g/mol. The molecule has 3 aromatic rings. The second-order valence-corrected chi connectivity index (χ2v) is 8.24. The predicted molar refractivity (Wildman–Crippen MR) is 135 cm³/mol. The zero-order valence-electron chi connectivity index (χ0n) is 19.8. The number of methoxy groups -OCH3 is 1. The van der Waals surface area contributed by atoms with Crippen LogP contribution in [0.2, 0.25) is 0 Å². The van der Waals surface area contributed by atoms with Crippen LogP contribution >= 0.6 is 0 Å². The standard InChI is InChI=1S/C29H36N2O2/c1-3-24-16-18-27(19-17-24)29(25-12-6-4-7-13-25,26-14-8-5-9-15-26)31-22-11-10-21-30-23-20-28(32)33-2/h4-9,12-19,30-31H,3,10-11,20-23H2,1-2H3. The second-order valence-electron chi connectivity index (χ2n) is 8.24. The Morgan fingerprint density at radius 1 is 0.758 bits per heavy atom. The summed E-state index contributed by atoms with van der Waals surface area (Å²) in [7, 11) is 1.43. The van der Waals surface area contributed by atoms with Gasteiger partial charge in [0.05, 0.1) is 19.1 Å². The van der Waals surface area contributed by atoms with Gasteiger partial charge in [-0.1, -0.05) is 91.9 Å². The van der Waals surface area contributed by atoms with Crippen LogP contribution in [0.4, 0.5) is 0 Å². The van der Waals surface area contributed by atoms with Crippen molar-refractivity contribution in [1.82, 2.24) is 10.6 Å². The topological polar surface area (TPSA) is 50.4 Å². The number of rotatable bonds is 13. The van der Waals surface area contributed by atoms with Crippen molar-refractivity contribution < 1.29 is 9.53 Å². The van der Waals surface area contributed by atoms with E-state index in [9.17, 15) is 4.79 Å². The minimum Gasteiger partial charge on any atom is -0.469 e. The predicted octanol–water partition coefficient (Wildman–Crippen LogP) is 5.06. The quantitative estimate of drug-likeness (QED) is 0.220. The van der Waals surface area contributed by atoms with E-state index in [1.807, 2.05) is 0 Å². The lowest BCUT2D eigenvalue weighted by molar-refractivity contribution is -0.140. The Morgan fingerprint density at radius 2 is 1.30 bits per heavy atom. The van der Waals surface area contributed by atoms with E-state index in [1.165, 1.54) is 29.4 Å². The highest BCUT2D eigenvalue weighted by Gasteiger charge is 2.35. The Hall–Kier alpha value is -2.95. The lowest BCUT2D eigenvalue weighted by Crippen LogP contribution is -2.45. The highest BCUT2D eigenvalue weighted by atomic mass is 16.5. The molecule has 3 rings (SSSR count). The summed E-state index contributed by atoms with van der Waals surface area (Å²) in [6.45, 7) is 4.60. The van der Waals surface area contributed by atoms with Crippen LogP contribution in [-0.4, -0.2) is 32.7 Å². The van der Waals surface area contributed by atoms with Crippen LogP contribution in [0.15, 0.2) is 84.9 Å². The van der Waals surface area contributed by atoms with E-state index in [0.29, 0.717) is 13.0 Å². The third kappa shape index (κ3) is 6.53. The van der Waals surface area contributed by atoms with E-state index in [1.54, 1.807) is 0 Å².